The Bertz CT molecular complexity index is 716. The Morgan fingerprint density at radius 1 is 1.23 bits per heavy atom. The fourth-order valence-electron chi connectivity index (χ4n) is 6.84. The van der Waals surface area contributed by atoms with E-state index in [4.69, 9.17) is 0 Å². The third kappa shape index (κ3) is 5.69. The van der Waals surface area contributed by atoms with Gasteiger partial charge in [-0.15, -0.1) is 0 Å². The second-order valence-electron chi connectivity index (χ2n) is 11.4. The molecule has 0 heterocycles. The van der Waals surface area contributed by atoms with Crippen molar-refractivity contribution in [1.29, 1.82) is 0 Å². The Morgan fingerprint density at radius 2 is 1.97 bits per heavy atom. The number of aliphatic hydroxyl groups excluding tert-OH is 2. The fourth-order valence-corrected chi connectivity index (χ4v) is 6.84. The molecule has 0 aromatic rings. The van der Waals surface area contributed by atoms with E-state index in [0.29, 0.717) is 41.5 Å². The van der Waals surface area contributed by atoms with Crippen LogP contribution in [0.5, 0.6) is 0 Å². The lowest BCUT2D eigenvalue weighted by atomic mass is 9.60. The molecule has 3 aliphatic rings. The summed E-state index contributed by atoms with van der Waals surface area (Å²) in [6.45, 7) is 8.66. The van der Waals surface area contributed by atoms with E-state index in [1.807, 2.05) is 19.9 Å². The summed E-state index contributed by atoms with van der Waals surface area (Å²) >= 11 is 0. The molecule has 176 valence electrons. The van der Waals surface area contributed by atoms with Crippen LogP contribution in [-0.2, 0) is 0 Å². The van der Waals surface area contributed by atoms with Crippen LogP contribution in [0.3, 0.4) is 0 Å². The van der Waals surface area contributed by atoms with E-state index in [2.05, 4.69) is 19.9 Å². The van der Waals surface area contributed by atoms with E-state index in [1.54, 1.807) is 0 Å². The molecular formula is C27H43FO3. The molecule has 0 bridgehead atoms. The minimum absolute atomic E-state index is 0.206. The van der Waals surface area contributed by atoms with Crippen molar-refractivity contribution in [2.75, 3.05) is 0 Å². The van der Waals surface area contributed by atoms with E-state index in [0.717, 1.165) is 24.8 Å². The van der Waals surface area contributed by atoms with Crippen LogP contribution in [0.4, 0.5) is 4.39 Å². The number of hydrogen-bond donors (Lipinski definition) is 3. The van der Waals surface area contributed by atoms with E-state index >= 15 is 0 Å². The highest BCUT2D eigenvalue weighted by atomic mass is 19.1. The number of hydrogen-bond acceptors (Lipinski definition) is 3. The number of halogens is 1. The first-order chi connectivity index (χ1) is 14.5. The summed E-state index contributed by atoms with van der Waals surface area (Å²) in [5, 5.41) is 30.2. The van der Waals surface area contributed by atoms with Crippen molar-refractivity contribution in [3.63, 3.8) is 0 Å². The zero-order chi connectivity index (χ0) is 22.8. The van der Waals surface area contributed by atoms with Crippen molar-refractivity contribution >= 4 is 0 Å². The van der Waals surface area contributed by atoms with Gasteiger partial charge in [-0.05, 0) is 87.5 Å². The van der Waals surface area contributed by atoms with Crippen LogP contribution in [0.25, 0.3) is 0 Å². The maximum Gasteiger partial charge on any atom is 0.0927 e. The molecule has 3 fully saturated rings. The largest absolute Gasteiger partial charge is 0.393 e. The Kier molecular flexibility index (Phi) is 7.87. The molecule has 0 aromatic carbocycles. The van der Waals surface area contributed by atoms with Crippen LogP contribution < -0.4 is 0 Å². The smallest absolute Gasteiger partial charge is 0.0927 e. The van der Waals surface area contributed by atoms with Crippen molar-refractivity contribution in [1.82, 2.24) is 0 Å². The first-order valence-electron chi connectivity index (χ1n) is 12.3. The molecule has 0 aromatic heterocycles. The molecule has 6 atom stereocenters. The van der Waals surface area contributed by atoms with Crippen molar-refractivity contribution in [3.8, 4) is 0 Å². The van der Waals surface area contributed by atoms with Crippen molar-refractivity contribution < 1.29 is 19.7 Å². The number of rotatable bonds is 6. The maximum atomic E-state index is 13.4. The molecule has 3 N–H and O–H groups in total. The van der Waals surface area contributed by atoms with Crippen LogP contribution in [0.2, 0.25) is 0 Å². The van der Waals surface area contributed by atoms with Crippen LogP contribution in [-0.4, -0.2) is 33.1 Å². The van der Waals surface area contributed by atoms with Gasteiger partial charge in [0.15, 0.2) is 0 Å². The summed E-state index contributed by atoms with van der Waals surface area (Å²) in [6.07, 6.45) is 12.8. The highest BCUT2D eigenvalue weighted by molar-refractivity contribution is 5.39. The highest BCUT2D eigenvalue weighted by Gasteiger charge is 2.50. The number of allylic oxidation sites excluding steroid dienone is 3. The van der Waals surface area contributed by atoms with Gasteiger partial charge in [0, 0.05) is 12.0 Å². The van der Waals surface area contributed by atoms with E-state index in [-0.39, 0.29) is 6.42 Å². The standard InChI is InChI=1S/C27H43FO3/c1-18(7-5-13-26(2,3)31)23-11-12-24-19(8-6-14-27(23,24)4)9-10-20-15-21(29)16-25(30)22(20)17-28/h9-10,17-18,21,23-25,29-31H,5-8,11-16H2,1-4H3/b19-9+,20-10-,22-17-/t18-,21-,23-,24?,25+,27-/m1/s1. The molecule has 0 aliphatic heterocycles. The molecule has 0 amide bonds. The molecule has 0 spiro atoms. The second-order valence-corrected chi connectivity index (χ2v) is 11.4. The Hall–Kier alpha value is -0.970. The SMILES string of the molecule is C[C@H](CCCC(C)(C)O)[C@H]1CCC2/C(=C/C=C3/C[C@@H](O)C[C@H](O)/C3=C\F)CCC[C@@]21C. The summed E-state index contributed by atoms with van der Waals surface area (Å²) < 4.78 is 13.4. The van der Waals surface area contributed by atoms with Gasteiger partial charge in [0.2, 0.25) is 0 Å². The molecule has 31 heavy (non-hydrogen) atoms. The van der Waals surface area contributed by atoms with Gasteiger partial charge in [-0.3, -0.25) is 0 Å². The zero-order valence-electron chi connectivity index (χ0n) is 19.9. The minimum Gasteiger partial charge on any atom is -0.393 e. The second kappa shape index (κ2) is 9.89. The predicted octanol–water partition coefficient (Wildman–Crippen LogP) is 6.00. The van der Waals surface area contributed by atoms with Gasteiger partial charge in [-0.1, -0.05) is 44.4 Å². The minimum atomic E-state index is -0.921. The van der Waals surface area contributed by atoms with Gasteiger partial charge in [0.05, 0.1) is 24.1 Å². The molecular weight excluding hydrogens is 391 g/mol. The summed E-state index contributed by atoms with van der Waals surface area (Å²) in [7, 11) is 0. The molecule has 4 heteroatoms. The first kappa shape index (κ1) is 24.7. The van der Waals surface area contributed by atoms with Gasteiger partial charge in [-0.25, -0.2) is 4.39 Å². The van der Waals surface area contributed by atoms with Crippen molar-refractivity contribution in [3.05, 3.63) is 35.2 Å². The summed E-state index contributed by atoms with van der Waals surface area (Å²) in [6, 6.07) is 0. The van der Waals surface area contributed by atoms with Gasteiger partial charge >= 0.3 is 0 Å². The Labute approximate surface area is 188 Å². The lowest BCUT2D eigenvalue weighted by molar-refractivity contribution is 0.0596. The summed E-state index contributed by atoms with van der Waals surface area (Å²) in [5.41, 5.74) is 2.23. The molecule has 3 nitrogen and oxygen atoms in total. The molecule has 0 radical (unpaired) electrons. The van der Waals surface area contributed by atoms with Crippen LogP contribution in [0.15, 0.2) is 35.2 Å². The van der Waals surface area contributed by atoms with Gasteiger partial charge in [0.1, 0.15) is 0 Å². The van der Waals surface area contributed by atoms with Gasteiger partial charge in [-0.2, -0.15) is 0 Å². The fraction of sp³-hybridized carbons (Fsp3) is 0.778. The Morgan fingerprint density at radius 3 is 2.65 bits per heavy atom. The topological polar surface area (TPSA) is 60.7 Å². The van der Waals surface area contributed by atoms with E-state index in [1.165, 1.54) is 37.7 Å². The molecule has 0 saturated heterocycles. The van der Waals surface area contributed by atoms with Crippen LogP contribution in [0, 0.1) is 23.2 Å². The summed E-state index contributed by atoms with van der Waals surface area (Å²) in [4.78, 5) is 0. The molecule has 3 aliphatic carbocycles. The lowest BCUT2D eigenvalue weighted by Gasteiger charge is -2.44. The van der Waals surface area contributed by atoms with Gasteiger partial charge in [0.25, 0.3) is 0 Å². The summed E-state index contributed by atoms with van der Waals surface area (Å²) in [5.74, 6) is 1.92. The molecule has 3 rings (SSSR count). The monoisotopic (exact) mass is 434 g/mol. The number of aliphatic hydroxyl groups is 3. The first-order valence-corrected chi connectivity index (χ1v) is 12.3. The predicted molar refractivity (Wildman–Crippen MR) is 124 cm³/mol. The van der Waals surface area contributed by atoms with Gasteiger partial charge < -0.3 is 15.3 Å². The van der Waals surface area contributed by atoms with Crippen LogP contribution >= 0.6 is 0 Å². The molecule has 1 unspecified atom stereocenters. The van der Waals surface area contributed by atoms with E-state index in [9.17, 15) is 19.7 Å². The highest BCUT2D eigenvalue weighted by Crippen LogP contribution is 2.60. The van der Waals surface area contributed by atoms with Crippen molar-refractivity contribution in [2.45, 2.75) is 110 Å². The average Bonchev–Trinajstić information content (AvgIpc) is 3.02. The molecule has 3 saturated carbocycles. The maximum absolute atomic E-state index is 13.4. The quantitative estimate of drug-likeness (QED) is 0.480. The zero-order valence-corrected chi connectivity index (χ0v) is 19.9. The average molecular weight is 435 g/mol. The third-order valence-electron chi connectivity index (χ3n) is 8.47. The lowest BCUT2D eigenvalue weighted by Crippen LogP contribution is -2.36. The van der Waals surface area contributed by atoms with Crippen LogP contribution in [0.1, 0.15) is 91.9 Å². The third-order valence-corrected chi connectivity index (χ3v) is 8.47. The van der Waals surface area contributed by atoms with Crippen molar-refractivity contribution in [2.24, 2.45) is 23.2 Å². The normalized spacial score (nSPS) is 39.3. The van der Waals surface area contributed by atoms with E-state index < -0.39 is 17.8 Å². The number of fused-ring (bicyclic) bond motifs is 1. The Balaban J connectivity index is 1.73.